The first-order valence-corrected chi connectivity index (χ1v) is 9.30. The van der Waals surface area contributed by atoms with E-state index in [0.717, 1.165) is 25.7 Å². The van der Waals surface area contributed by atoms with E-state index in [1.807, 2.05) is 19.1 Å². The molecule has 0 spiro atoms. The van der Waals surface area contributed by atoms with E-state index in [9.17, 15) is 8.42 Å². The van der Waals surface area contributed by atoms with Gasteiger partial charge in [0.25, 0.3) is 0 Å². The molecule has 0 saturated carbocycles. The van der Waals surface area contributed by atoms with Crippen LogP contribution < -0.4 is 5.73 Å². The zero-order chi connectivity index (χ0) is 15.0. The highest BCUT2D eigenvalue weighted by molar-refractivity contribution is 7.89. The van der Waals surface area contributed by atoms with Crippen molar-refractivity contribution in [3.63, 3.8) is 0 Å². The first-order valence-electron chi connectivity index (χ1n) is 7.86. The lowest BCUT2D eigenvalue weighted by atomic mass is 9.92. The minimum absolute atomic E-state index is 0.0498. The van der Waals surface area contributed by atoms with Gasteiger partial charge >= 0.3 is 0 Å². The van der Waals surface area contributed by atoms with Crippen LogP contribution in [0, 0.1) is 5.92 Å². The van der Waals surface area contributed by atoms with E-state index in [1.165, 1.54) is 17.5 Å². The van der Waals surface area contributed by atoms with Gasteiger partial charge in [0.2, 0.25) is 10.0 Å². The van der Waals surface area contributed by atoms with Gasteiger partial charge in [0.15, 0.2) is 0 Å². The highest BCUT2D eigenvalue weighted by atomic mass is 32.2. The third kappa shape index (κ3) is 2.87. The second-order valence-corrected chi connectivity index (χ2v) is 8.35. The van der Waals surface area contributed by atoms with Crippen LogP contribution in [0.1, 0.15) is 37.3 Å². The molecule has 1 aliphatic heterocycles. The summed E-state index contributed by atoms with van der Waals surface area (Å²) in [5.74, 6) is 0.275. The molecule has 5 heteroatoms. The lowest BCUT2D eigenvalue weighted by Crippen LogP contribution is -2.33. The molecule has 0 amide bonds. The minimum Gasteiger partial charge on any atom is -0.328 e. The van der Waals surface area contributed by atoms with Crippen LogP contribution in [0.25, 0.3) is 0 Å². The quantitative estimate of drug-likeness (QED) is 0.928. The van der Waals surface area contributed by atoms with E-state index in [1.54, 1.807) is 10.4 Å². The molecule has 116 valence electrons. The van der Waals surface area contributed by atoms with Gasteiger partial charge < -0.3 is 5.73 Å². The molecule has 0 radical (unpaired) electrons. The summed E-state index contributed by atoms with van der Waals surface area (Å²) in [7, 11) is -3.36. The first kappa shape index (κ1) is 15.0. The summed E-state index contributed by atoms with van der Waals surface area (Å²) < 4.78 is 27.1. The highest BCUT2D eigenvalue weighted by Crippen LogP contribution is 2.29. The molecule has 2 atom stereocenters. The number of benzene rings is 1. The van der Waals surface area contributed by atoms with Crippen LogP contribution in [0.4, 0.5) is 0 Å². The zero-order valence-corrected chi connectivity index (χ0v) is 13.4. The minimum atomic E-state index is -3.36. The molecular formula is C16H24N2O2S. The van der Waals surface area contributed by atoms with Gasteiger partial charge in [0.1, 0.15) is 0 Å². The van der Waals surface area contributed by atoms with Crippen molar-refractivity contribution in [2.45, 2.75) is 50.0 Å². The average Bonchev–Trinajstić information content (AvgIpc) is 2.97. The number of rotatable bonds is 3. The van der Waals surface area contributed by atoms with Crippen molar-refractivity contribution in [3.8, 4) is 0 Å². The molecule has 2 N–H and O–H groups in total. The Labute approximate surface area is 127 Å². The molecule has 2 unspecified atom stereocenters. The van der Waals surface area contributed by atoms with Crippen LogP contribution in [0.3, 0.4) is 0 Å². The van der Waals surface area contributed by atoms with Crippen LogP contribution in [0.15, 0.2) is 23.1 Å². The van der Waals surface area contributed by atoms with Crippen molar-refractivity contribution >= 4 is 10.0 Å². The number of sulfonamides is 1. The number of hydrogen-bond acceptors (Lipinski definition) is 3. The Bertz CT molecular complexity index is 625. The molecule has 3 rings (SSSR count). The standard InChI is InChI=1S/C16H24N2O2S/c1-12(17)15-8-9-18(11-15)21(19,20)16-7-6-13-4-2-3-5-14(13)10-16/h6-7,10,12,15H,2-5,8-9,11,17H2,1H3. The third-order valence-electron chi connectivity index (χ3n) is 4.89. The molecule has 4 nitrogen and oxygen atoms in total. The van der Waals surface area contributed by atoms with Gasteiger partial charge in [-0.3, -0.25) is 0 Å². The summed E-state index contributed by atoms with van der Waals surface area (Å²) in [5, 5.41) is 0. The second kappa shape index (κ2) is 5.71. The Kier molecular flexibility index (Phi) is 4.08. The summed E-state index contributed by atoms with van der Waals surface area (Å²) in [6.07, 6.45) is 5.31. The largest absolute Gasteiger partial charge is 0.328 e. The number of aryl methyl sites for hydroxylation is 2. The van der Waals surface area contributed by atoms with E-state index in [4.69, 9.17) is 5.73 Å². The Morgan fingerprint density at radius 3 is 2.62 bits per heavy atom. The molecule has 1 saturated heterocycles. The van der Waals surface area contributed by atoms with Crippen LogP contribution in [-0.4, -0.2) is 31.9 Å². The van der Waals surface area contributed by atoms with Crippen LogP contribution in [0.2, 0.25) is 0 Å². The van der Waals surface area contributed by atoms with E-state index in [-0.39, 0.29) is 12.0 Å². The Hall–Kier alpha value is -0.910. The van der Waals surface area contributed by atoms with E-state index >= 15 is 0 Å². The van der Waals surface area contributed by atoms with E-state index in [0.29, 0.717) is 18.0 Å². The van der Waals surface area contributed by atoms with Crippen molar-refractivity contribution in [2.75, 3.05) is 13.1 Å². The predicted octanol–water partition coefficient (Wildman–Crippen LogP) is 1.92. The monoisotopic (exact) mass is 308 g/mol. The fourth-order valence-corrected chi connectivity index (χ4v) is 4.98. The number of hydrogen-bond donors (Lipinski definition) is 1. The number of nitrogens with zero attached hydrogens (tertiary/aromatic N) is 1. The molecule has 0 bridgehead atoms. The number of nitrogens with two attached hydrogens (primary N) is 1. The van der Waals surface area contributed by atoms with Crippen LogP contribution >= 0.6 is 0 Å². The van der Waals surface area contributed by atoms with Gasteiger partial charge in [-0.1, -0.05) is 6.07 Å². The van der Waals surface area contributed by atoms with Gasteiger partial charge in [-0.2, -0.15) is 4.31 Å². The molecule has 1 fully saturated rings. The molecule has 1 aromatic carbocycles. The van der Waals surface area contributed by atoms with Crippen molar-refractivity contribution in [1.29, 1.82) is 0 Å². The molecule has 0 aromatic heterocycles. The molecule has 1 aliphatic carbocycles. The zero-order valence-electron chi connectivity index (χ0n) is 12.6. The van der Waals surface area contributed by atoms with Crippen LogP contribution in [0.5, 0.6) is 0 Å². The molecule has 1 heterocycles. The van der Waals surface area contributed by atoms with Crippen LogP contribution in [-0.2, 0) is 22.9 Å². The van der Waals surface area contributed by atoms with Crippen molar-refractivity contribution in [1.82, 2.24) is 4.31 Å². The average molecular weight is 308 g/mol. The summed E-state index contributed by atoms with van der Waals surface area (Å²) in [6.45, 7) is 3.10. The van der Waals surface area contributed by atoms with Crippen molar-refractivity contribution in [2.24, 2.45) is 11.7 Å². The SMILES string of the molecule is CC(N)C1CCN(S(=O)(=O)c2ccc3c(c2)CCCC3)C1. The molecule has 21 heavy (non-hydrogen) atoms. The van der Waals surface area contributed by atoms with E-state index in [2.05, 4.69) is 0 Å². The molecular weight excluding hydrogens is 284 g/mol. The maximum atomic E-state index is 12.8. The van der Waals surface area contributed by atoms with E-state index < -0.39 is 10.0 Å². The van der Waals surface area contributed by atoms with Crippen molar-refractivity contribution in [3.05, 3.63) is 29.3 Å². The summed E-state index contributed by atoms with van der Waals surface area (Å²) >= 11 is 0. The lowest BCUT2D eigenvalue weighted by molar-refractivity contribution is 0.429. The Morgan fingerprint density at radius 2 is 1.95 bits per heavy atom. The smallest absolute Gasteiger partial charge is 0.243 e. The maximum Gasteiger partial charge on any atom is 0.243 e. The predicted molar refractivity (Wildman–Crippen MR) is 83.6 cm³/mol. The molecule has 1 aromatic rings. The third-order valence-corrected chi connectivity index (χ3v) is 6.75. The van der Waals surface area contributed by atoms with Crippen molar-refractivity contribution < 1.29 is 8.42 Å². The fraction of sp³-hybridized carbons (Fsp3) is 0.625. The fourth-order valence-electron chi connectivity index (χ4n) is 3.42. The first-order chi connectivity index (χ1) is 9.98. The Morgan fingerprint density at radius 1 is 1.24 bits per heavy atom. The van der Waals surface area contributed by atoms with Gasteiger partial charge in [-0.25, -0.2) is 8.42 Å². The Balaban J connectivity index is 1.85. The lowest BCUT2D eigenvalue weighted by Gasteiger charge is -2.20. The highest BCUT2D eigenvalue weighted by Gasteiger charge is 2.34. The molecule has 2 aliphatic rings. The summed E-state index contributed by atoms with van der Waals surface area (Å²) in [4.78, 5) is 0.452. The van der Waals surface area contributed by atoms with Gasteiger partial charge in [-0.15, -0.1) is 0 Å². The second-order valence-electron chi connectivity index (χ2n) is 6.41. The van der Waals surface area contributed by atoms with Gasteiger partial charge in [0.05, 0.1) is 4.90 Å². The normalized spacial score (nSPS) is 24.8. The van der Waals surface area contributed by atoms with Gasteiger partial charge in [0, 0.05) is 19.1 Å². The summed E-state index contributed by atoms with van der Waals surface area (Å²) in [6, 6.07) is 5.72. The topological polar surface area (TPSA) is 63.4 Å². The maximum absolute atomic E-state index is 12.8. The van der Waals surface area contributed by atoms with Gasteiger partial charge in [-0.05, 0) is 68.2 Å². The number of fused-ring (bicyclic) bond motifs is 1. The summed E-state index contributed by atoms with van der Waals surface area (Å²) in [5.41, 5.74) is 8.44.